The van der Waals surface area contributed by atoms with E-state index in [4.69, 9.17) is 0 Å². The minimum atomic E-state index is -3.84. The summed E-state index contributed by atoms with van der Waals surface area (Å²) in [5, 5.41) is 10.8. The lowest BCUT2D eigenvalue weighted by molar-refractivity contribution is 0.461. The molecule has 0 bridgehead atoms. The van der Waals surface area contributed by atoms with Crippen molar-refractivity contribution >= 4 is 39.6 Å². The van der Waals surface area contributed by atoms with Gasteiger partial charge < -0.3 is 5.11 Å². The molecule has 0 saturated carbocycles. The zero-order valence-corrected chi connectivity index (χ0v) is 18.5. The van der Waals surface area contributed by atoms with Gasteiger partial charge >= 0.3 is 0 Å². The van der Waals surface area contributed by atoms with Crippen LogP contribution in [0.3, 0.4) is 0 Å². The van der Waals surface area contributed by atoms with Gasteiger partial charge in [0.25, 0.3) is 10.0 Å². The van der Waals surface area contributed by atoms with Crippen molar-refractivity contribution in [1.29, 1.82) is 0 Å². The van der Waals surface area contributed by atoms with Crippen molar-refractivity contribution < 1.29 is 13.5 Å². The maximum atomic E-state index is 13.0. The van der Waals surface area contributed by atoms with Crippen LogP contribution < -0.4 is 4.72 Å². The van der Waals surface area contributed by atoms with Gasteiger partial charge in [-0.2, -0.15) is 0 Å². The fourth-order valence-corrected chi connectivity index (χ4v) is 5.06. The summed E-state index contributed by atoms with van der Waals surface area (Å²) in [4.78, 5) is 1.60. The topological polar surface area (TPSA) is 66.4 Å². The van der Waals surface area contributed by atoms with E-state index in [2.05, 4.69) is 17.9 Å². The smallest absolute Gasteiger partial charge is 0.261 e. The van der Waals surface area contributed by atoms with Crippen LogP contribution in [0.25, 0.3) is 12.2 Å². The molecule has 3 aromatic carbocycles. The van der Waals surface area contributed by atoms with E-state index in [9.17, 15) is 13.5 Å². The average molecular weight is 438 g/mol. The van der Waals surface area contributed by atoms with Crippen LogP contribution >= 0.6 is 11.8 Å². The van der Waals surface area contributed by atoms with Gasteiger partial charge in [-0.05, 0) is 55.3 Å². The number of aryl methyl sites for hydroxylation is 2. The van der Waals surface area contributed by atoms with Gasteiger partial charge in [0.2, 0.25) is 0 Å². The molecule has 0 heterocycles. The zero-order chi connectivity index (χ0) is 21.9. The van der Waals surface area contributed by atoms with Crippen LogP contribution in [0.2, 0.25) is 0 Å². The summed E-state index contributed by atoms with van der Waals surface area (Å²) in [6, 6.07) is 16.1. The Hall–Kier alpha value is -2.96. The molecule has 6 heteroatoms. The molecule has 0 saturated heterocycles. The molecule has 0 spiro atoms. The molecule has 0 radical (unpaired) electrons. The van der Waals surface area contributed by atoms with E-state index in [1.807, 2.05) is 44.2 Å². The maximum absolute atomic E-state index is 13.0. The molecule has 0 unspecified atom stereocenters. The number of aromatic hydroxyl groups is 1. The highest BCUT2D eigenvalue weighted by atomic mass is 32.2. The largest absolute Gasteiger partial charge is 0.506 e. The third-order valence-electron chi connectivity index (χ3n) is 4.76. The van der Waals surface area contributed by atoms with Crippen LogP contribution in [-0.4, -0.2) is 13.5 Å². The second-order valence-corrected chi connectivity index (χ2v) is 9.57. The highest BCUT2D eigenvalue weighted by Crippen LogP contribution is 2.42. The van der Waals surface area contributed by atoms with Crippen molar-refractivity contribution in [3.05, 3.63) is 90.0 Å². The number of nitrogens with one attached hydrogen (secondary N) is 1. The Kier molecular flexibility index (Phi) is 6.39. The van der Waals surface area contributed by atoms with E-state index in [-0.39, 0.29) is 10.6 Å². The number of rotatable bonds is 7. The summed E-state index contributed by atoms with van der Waals surface area (Å²) in [6.07, 6.45) is 3.00. The molecule has 0 aliphatic rings. The number of benzene rings is 3. The first kappa shape index (κ1) is 21.7. The second-order valence-electron chi connectivity index (χ2n) is 6.77. The van der Waals surface area contributed by atoms with E-state index in [0.29, 0.717) is 21.7 Å². The molecule has 0 aromatic heterocycles. The molecule has 0 atom stereocenters. The van der Waals surface area contributed by atoms with Gasteiger partial charge in [-0.15, -0.1) is 0 Å². The number of phenolic OH excluding ortho intramolecular Hbond substituents is 1. The highest BCUT2D eigenvalue weighted by molar-refractivity contribution is 7.99. The Labute approximate surface area is 182 Å². The summed E-state index contributed by atoms with van der Waals surface area (Å²) >= 11 is 1.34. The summed E-state index contributed by atoms with van der Waals surface area (Å²) in [6.45, 7) is 11.4. The second kappa shape index (κ2) is 8.81. The van der Waals surface area contributed by atoms with E-state index in [0.717, 1.165) is 16.0 Å². The van der Waals surface area contributed by atoms with Crippen molar-refractivity contribution in [2.24, 2.45) is 0 Å². The molecule has 0 aliphatic carbocycles. The number of phenols is 1. The predicted molar refractivity (Wildman–Crippen MR) is 126 cm³/mol. The van der Waals surface area contributed by atoms with Crippen LogP contribution in [-0.2, 0) is 10.0 Å². The van der Waals surface area contributed by atoms with Gasteiger partial charge in [0.05, 0.1) is 15.5 Å². The molecule has 0 amide bonds. The Morgan fingerprint density at radius 3 is 2.20 bits per heavy atom. The first-order chi connectivity index (χ1) is 14.3. The Balaban J connectivity index is 2.10. The van der Waals surface area contributed by atoms with Crippen molar-refractivity contribution in [3.8, 4) is 5.75 Å². The fourth-order valence-electron chi connectivity index (χ4n) is 2.97. The number of anilines is 1. The Morgan fingerprint density at radius 1 is 0.933 bits per heavy atom. The van der Waals surface area contributed by atoms with Gasteiger partial charge in [-0.25, -0.2) is 8.42 Å². The van der Waals surface area contributed by atoms with Crippen molar-refractivity contribution in [2.75, 3.05) is 4.72 Å². The number of hydrogen-bond acceptors (Lipinski definition) is 4. The summed E-state index contributed by atoms with van der Waals surface area (Å²) in [5.41, 5.74) is 3.12. The zero-order valence-electron chi connectivity index (χ0n) is 16.8. The van der Waals surface area contributed by atoms with Crippen LogP contribution in [0.4, 0.5) is 5.69 Å². The van der Waals surface area contributed by atoms with Crippen LogP contribution in [0.1, 0.15) is 22.3 Å². The van der Waals surface area contributed by atoms with E-state index in [1.165, 1.54) is 23.9 Å². The Morgan fingerprint density at radius 2 is 1.60 bits per heavy atom. The molecule has 30 heavy (non-hydrogen) atoms. The maximum Gasteiger partial charge on any atom is 0.261 e. The molecule has 0 fully saturated rings. The predicted octanol–water partition coefficient (Wildman–Crippen LogP) is 6.25. The fraction of sp³-hybridized carbons (Fsp3) is 0.0833. The minimum absolute atomic E-state index is 0.0304. The van der Waals surface area contributed by atoms with E-state index in [1.54, 1.807) is 24.3 Å². The molecular weight excluding hydrogens is 414 g/mol. The van der Waals surface area contributed by atoms with Gasteiger partial charge in [-0.1, -0.05) is 61.3 Å². The third-order valence-corrected chi connectivity index (χ3v) is 7.16. The molecule has 3 rings (SSSR count). The molecule has 2 N–H and O–H groups in total. The van der Waals surface area contributed by atoms with Crippen molar-refractivity contribution in [1.82, 2.24) is 0 Å². The SMILES string of the molecule is C=Cc1c(NS(=O)(=O)c2ccc(C)c(C)c2)cc(Sc2ccccc2)c(O)c1C=C. The van der Waals surface area contributed by atoms with Gasteiger partial charge in [0, 0.05) is 16.0 Å². The van der Waals surface area contributed by atoms with E-state index >= 15 is 0 Å². The number of sulfonamides is 1. The molecule has 154 valence electrons. The first-order valence-electron chi connectivity index (χ1n) is 9.24. The molecule has 4 nitrogen and oxygen atoms in total. The third kappa shape index (κ3) is 4.45. The van der Waals surface area contributed by atoms with Gasteiger partial charge in [-0.3, -0.25) is 4.72 Å². The standard InChI is InChI=1S/C24H23NO3S2/c1-5-20-21(6-2)24(26)23(29-18-10-8-7-9-11-18)15-22(20)25-30(27,28)19-13-12-16(3)17(4)14-19/h5-15,25-26H,1-2H2,3-4H3. The monoisotopic (exact) mass is 437 g/mol. The lowest BCUT2D eigenvalue weighted by atomic mass is 10.0. The van der Waals surface area contributed by atoms with Gasteiger partial charge in [0.15, 0.2) is 0 Å². The van der Waals surface area contributed by atoms with Gasteiger partial charge in [0.1, 0.15) is 5.75 Å². The lowest BCUT2D eigenvalue weighted by Crippen LogP contribution is -2.14. The lowest BCUT2D eigenvalue weighted by Gasteiger charge is -2.17. The molecule has 3 aromatic rings. The van der Waals surface area contributed by atoms with E-state index < -0.39 is 10.0 Å². The molecular formula is C24H23NO3S2. The summed E-state index contributed by atoms with van der Waals surface area (Å²) < 4.78 is 28.8. The average Bonchev–Trinajstić information content (AvgIpc) is 2.72. The minimum Gasteiger partial charge on any atom is -0.506 e. The highest BCUT2D eigenvalue weighted by Gasteiger charge is 2.21. The summed E-state index contributed by atoms with van der Waals surface area (Å²) in [7, 11) is -3.84. The summed E-state index contributed by atoms with van der Waals surface area (Å²) in [5.74, 6) is 0.0304. The van der Waals surface area contributed by atoms with Crippen molar-refractivity contribution in [2.45, 2.75) is 28.5 Å². The number of hydrogen-bond donors (Lipinski definition) is 2. The van der Waals surface area contributed by atoms with Crippen LogP contribution in [0, 0.1) is 13.8 Å². The first-order valence-corrected chi connectivity index (χ1v) is 11.5. The molecule has 0 aliphatic heterocycles. The normalized spacial score (nSPS) is 11.1. The quantitative estimate of drug-likeness (QED) is 0.429. The van der Waals surface area contributed by atoms with Crippen LogP contribution in [0.5, 0.6) is 5.75 Å². The van der Waals surface area contributed by atoms with Crippen LogP contribution in [0.15, 0.2) is 82.4 Å². The Bertz CT molecular complexity index is 1220. The van der Waals surface area contributed by atoms with Crippen molar-refractivity contribution in [3.63, 3.8) is 0 Å².